The number of ether oxygens (including phenoxy) is 2. The zero-order valence-electron chi connectivity index (χ0n) is 18.1. The first-order valence-electron chi connectivity index (χ1n) is 9.96. The third-order valence-electron chi connectivity index (χ3n) is 4.95. The van der Waals surface area contributed by atoms with Gasteiger partial charge in [-0.05, 0) is 66.4 Å². The molecular weight excluding hydrogens is 424 g/mol. The van der Waals surface area contributed by atoms with E-state index in [1.807, 2.05) is 12.1 Å². The molecule has 0 heterocycles. The molecule has 6 heteroatoms. The van der Waals surface area contributed by atoms with Crippen molar-refractivity contribution in [3.8, 4) is 17.6 Å². The minimum Gasteiger partial charge on any atom is -0.493 e. The first-order chi connectivity index (χ1) is 15.4. The van der Waals surface area contributed by atoms with Gasteiger partial charge in [-0.2, -0.15) is 5.26 Å². The average Bonchev–Trinajstić information content (AvgIpc) is 2.80. The number of nitriles is 1. The van der Waals surface area contributed by atoms with Gasteiger partial charge < -0.3 is 14.8 Å². The number of methoxy groups -OCH3 is 1. The smallest absolute Gasteiger partial charge is 0.266 e. The van der Waals surface area contributed by atoms with Crippen molar-refractivity contribution in [1.82, 2.24) is 0 Å². The summed E-state index contributed by atoms with van der Waals surface area (Å²) in [6, 6.07) is 20.2. The number of carbonyl (C=O) groups excluding carboxylic acids is 1. The van der Waals surface area contributed by atoms with Crippen molar-refractivity contribution in [1.29, 1.82) is 5.26 Å². The fourth-order valence-electron chi connectivity index (χ4n) is 3.02. The molecule has 3 aromatic carbocycles. The second kappa shape index (κ2) is 10.5. The second-order valence-corrected chi connectivity index (χ2v) is 7.63. The Labute approximate surface area is 192 Å². The highest BCUT2D eigenvalue weighted by molar-refractivity contribution is 6.34. The van der Waals surface area contributed by atoms with Crippen molar-refractivity contribution < 1.29 is 14.3 Å². The van der Waals surface area contributed by atoms with Crippen LogP contribution in [0, 0.1) is 25.2 Å². The van der Waals surface area contributed by atoms with Crippen LogP contribution >= 0.6 is 11.6 Å². The van der Waals surface area contributed by atoms with E-state index in [-0.39, 0.29) is 5.57 Å². The van der Waals surface area contributed by atoms with Crippen LogP contribution in [-0.2, 0) is 11.4 Å². The molecule has 1 N–H and O–H groups in total. The van der Waals surface area contributed by atoms with Gasteiger partial charge in [-0.1, -0.05) is 48.0 Å². The topological polar surface area (TPSA) is 71.3 Å². The number of amides is 1. The number of anilines is 1. The van der Waals surface area contributed by atoms with Gasteiger partial charge in [0.25, 0.3) is 5.91 Å². The van der Waals surface area contributed by atoms with E-state index in [0.29, 0.717) is 34.4 Å². The molecule has 1 amide bonds. The van der Waals surface area contributed by atoms with Gasteiger partial charge in [0.15, 0.2) is 11.5 Å². The van der Waals surface area contributed by atoms with Crippen LogP contribution in [0.1, 0.15) is 22.3 Å². The maximum Gasteiger partial charge on any atom is 0.266 e. The van der Waals surface area contributed by atoms with Gasteiger partial charge in [-0.3, -0.25) is 4.79 Å². The standard InChI is InChI=1S/C26H23ClN2O3/c1-17-8-9-20(12-18(17)2)16-32-24-11-10-19(14-25(24)31-3)13-21(15-28)26(30)29-23-7-5-4-6-22(23)27/h4-14H,16H2,1-3H3,(H,29,30)/b21-13+. The van der Waals surface area contributed by atoms with Crippen molar-refractivity contribution in [2.24, 2.45) is 0 Å². The molecule has 0 spiro atoms. The van der Waals surface area contributed by atoms with Crippen LogP contribution in [0.3, 0.4) is 0 Å². The molecule has 0 aliphatic carbocycles. The molecule has 3 aromatic rings. The maximum absolute atomic E-state index is 12.5. The van der Waals surface area contributed by atoms with Crippen LogP contribution in [0.5, 0.6) is 11.5 Å². The molecule has 0 aliphatic rings. The number of hydrogen-bond acceptors (Lipinski definition) is 4. The summed E-state index contributed by atoms with van der Waals surface area (Å²) in [6.07, 6.45) is 1.49. The van der Waals surface area contributed by atoms with E-state index in [1.165, 1.54) is 17.2 Å². The van der Waals surface area contributed by atoms with Gasteiger partial charge in [0.1, 0.15) is 18.2 Å². The Kier molecular flexibility index (Phi) is 7.54. The van der Waals surface area contributed by atoms with Crippen LogP contribution in [0.2, 0.25) is 5.02 Å². The first kappa shape index (κ1) is 22.9. The Bertz CT molecular complexity index is 1210. The van der Waals surface area contributed by atoms with E-state index in [0.717, 1.165) is 5.56 Å². The molecule has 0 unspecified atom stereocenters. The van der Waals surface area contributed by atoms with E-state index < -0.39 is 5.91 Å². The summed E-state index contributed by atoms with van der Waals surface area (Å²) in [4.78, 5) is 12.5. The third kappa shape index (κ3) is 5.69. The fraction of sp³-hybridized carbons (Fsp3) is 0.154. The molecule has 0 atom stereocenters. The SMILES string of the molecule is COc1cc(/C=C(\C#N)C(=O)Nc2ccccc2Cl)ccc1OCc1ccc(C)c(C)c1. The summed E-state index contributed by atoms with van der Waals surface area (Å²) in [5.41, 5.74) is 4.50. The first-order valence-corrected chi connectivity index (χ1v) is 10.3. The second-order valence-electron chi connectivity index (χ2n) is 7.22. The lowest BCUT2D eigenvalue weighted by Crippen LogP contribution is -2.13. The Morgan fingerprint density at radius 2 is 1.84 bits per heavy atom. The number of para-hydroxylation sites is 1. The fourth-order valence-corrected chi connectivity index (χ4v) is 3.20. The molecule has 0 aliphatic heterocycles. The molecule has 32 heavy (non-hydrogen) atoms. The normalized spacial score (nSPS) is 10.9. The Balaban J connectivity index is 1.76. The van der Waals surface area contributed by atoms with E-state index >= 15 is 0 Å². The summed E-state index contributed by atoms with van der Waals surface area (Å²) in [5, 5.41) is 12.5. The van der Waals surface area contributed by atoms with Gasteiger partial charge in [-0.15, -0.1) is 0 Å². The Morgan fingerprint density at radius 3 is 2.53 bits per heavy atom. The minimum absolute atomic E-state index is 0.0595. The largest absolute Gasteiger partial charge is 0.493 e. The van der Waals surface area contributed by atoms with Gasteiger partial charge in [0.05, 0.1) is 17.8 Å². The molecule has 162 valence electrons. The molecule has 5 nitrogen and oxygen atoms in total. The van der Waals surface area contributed by atoms with E-state index in [1.54, 1.807) is 49.6 Å². The molecule has 0 saturated carbocycles. The van der Waals surface area contributed by atoms with E-state index in [9.17, 15) is 10.1 Å². The summed E-state index contributed by atoms with van der Waals surface area (Å²) >= 11 is 6.08. The number of rotatable bonds is 7. The van der Waals surface area contributed by atoms with Crippen molar-refractivity contribution in [3.05, 3.63) is 93.5 Å². The van der Waals surface area contributed by atoms with Crippen LogP contribution in [0.25, 0.3) is 6.08 Å². The molecule has 0 aromatic heterocycles. The number of aryl methyl sites for hydroxylation is 2. The van der Waals surface area contributed by atoms with Crippen LogP contribution < -0.4 is 14.8 Å². The molecule has 3 rings (SSSR count). The highest BCUT2D eigenvalue weighted by atomic mass is 35.5. The molecular formula is C26H23ClN2O3. The lowest BCUT2D eigenvalue weighted by atomic mass is 10.1. The quantitative estimate of drug-likeness (QED) is 0.352. The summed E-state index contributed by atoms with van der Waals surface area (Å²) in [6.45, 7) is 4.53. The van der Waals surface area contributed by atoms with Gasteiger partial charge in [0.2, 0.25) is 0 Å². The van der Waals surface area contributed by atoms with Crippen LogP contribution in [0.4, 0.5) is 5.69 Å². The van der Waals surface area contributed by atoms with Crippen LogP contribution in [-0.4, -0.2) is 13.0 Å². The Morgan fingerprint density at radius 1 is 1.06 bits per heavy atom. The molecule has 0 bridgehead atoms. The highest BCUT2D eigenvalue weighted by Crippen LogP contribution is 2.30. The monoisotopic (exact) mass is 446 g/mol. The molecule has 0 saturated heterocycles. The summed E-state index contributed by atoms with van der Waals surface area (Å²) in [7, 11) is 1.54. The predicted octanol–water partition coefficient (Wildman–Crippen LogP) is 6.09. The van der Waals surface area contributed by atoms with Gasteiger partial charge in [0, 0.05) is 0 Å². The van der Waals surface area contributed by atoms with Gasteiger partial charge >= 0.3 is 0 Å². The molecule has 0 radical (unpaired) electrons. The van der Waals surface area contributed by atoms with Crippen LogP contribution in [0.15, 0.2) is 66.2 Å². The molecule has 0 fully saturated rings. The van der Waals surface area contributed by atoms with Crippen molar-refractivity contribution in [2.45, 2.75) is 20.5 Å². The van der Waals surface area contributed by atoms with E-state index in [4.69, 9.17) is 21.1 Å². The Hall–Kier alpha value is -3.75. The maximum atomic E-state index is 12.5. The third-order valence-corrected chi connectivity index (χ3v) is 5.28. The summed E-state index contributed by atoms with van der Waals surface area (Å²) in [5.74, 6) is 0.530. The lowest BCUT2D eigenvalue weighted by Gasteiger charge is -2.12. The zero-order chi connectivity index (χ0) is 23.1. The highest BCUT2D eigenvalue weighted by Gasteiger charge is 2.12. The van der Waals surface area contributed by atoms with E-state index in [2.05, 4.69) is 31.3 Å². The van der Waals surface area contributed by atoms with Crippen molar-refractivity contribution >= 4 is 29.3 Å². The minimum atomic E-state index is -0.547. The van der Waals surface area contributed by atoms with Crippen molar-refractivity contribution in [2.75, 3.05) is 12.4 Å². The van der Waals surface area contributed by atoms with Crippen molar-refractivity contribution in [3.63, 3.8) is 0 Å². The number of halogens is 1. The zero-order valence-corrected chi connectivity index (χ0v) is 18.9. The van der Waals surface area contributed by atoms with Gasteiger partial charge in [-0.25, -0.2) is 0 Å². The predicted molar refractivity (Wildman–Crippen MR) is 127 cm³/mol. The number of nitrogens with zero attached hydrogens (tertiary/aromatic N) is 1. The number of carbonyl (C=O) groups is 1. The number of hydrogen-bond donors (Lipinski definition) is 1. The number of nitrogens with one attached hydrogen (secondary N) is 1. The summed E-state index contributed by atoms with van der Waals surface area (Å²) < 4.78 is 11.4. The average molecular weight is 447 g/mol. The lowest BCUT2D eigenvalue weighted by molar-refractivity contribution is -0.112. The number of benzene rings is 3.